The van der Waals surface area contributed by atoms with Crippen LogP contribution < -0.4 is 5.73 Å². The second-order valence-electron chi connectivity index (χ2n) is 4.13. The van der Waals surface area contributed by atoms with Crippen molar-refractivity contribution in [3.63, 3.8) is 0 Å². The minimum atomic E-state index is 0. The third kappa shape index (κ3) is 4.09. The standard InChI is InChI=1S/C10H18N6O.HI/c1-8-7-16(3-4-17-8)10(11)12-5-9-6-13-15(2)14-9;/h6,8H,3-5,7H2,1-2H3,(H2,11,12);1H. The molecule has 2 N–H and O–H groups in total. The second kappa shape index (κ2) is 6.88. The highest BCUT2D eigenvalue weighted by Crippen LogP contribution is 2.04. The third-order valence-corrected chi connectivity index (χ3v) is 2.62. The van der Waals surface area contributed by atoms with Crippen LogP contribution in [-0.2, 0) is 18.3 Å². The first-order valence-corrected chi connectivity index (χ1v) is 5.67. The highest BCUT2D eigenvalue weighted by Gasteiger charge is 2.17. The number of aromatic nitrogens is 3. The Bertz CT molecular complexity index is 407. The molecule has 1 saturated heterocycles. The van der Waals surface area contributed by atoms with Crippen molar-refractivity contribution in [2.45, 2.75) is 19.6 Å². The van der Waals surface area contributed by atoms with Crippen molar-refractivity contribution in [3.8, 4) is 0 Å². The van der Waals surface area contributed by atoms with Gasteiger partial charge in [-0.15, -0.1) is 24.0 Å². The van der Waals surface area contributed by atoms with Gasteiger partial charge >= 0.3 is 0 Å². The quantitative estimate of drug-likeness (QED) is 0.452. The van der Waals surface area contributed by atoms with Gasteiger partial charge in [0.1, 0.15) is 5.69 Å². The number of halogens is 1. The van der Waals surface area contributed by atoms with Gasteiger partial charge in [0.2, 0.25) is 0 Å². The fraction of sp³-hybridized carbons (Fsp3) is 0.700. The van der Waals surface area contributed by atoms with E-state index in [1.807, 2.05) is 11.8 Å². The first kappa shape index (κ1) is 15.2. The highest BCUT2D eigenvalue weighted by atomic mass is 127. The molecule has 0 spiro atoms. The zero-order valence-corrected chi connectivity index (χ0v) is 12.9. The van der Waals surface area contributed by atoms with E-state index in [0.717, 1.165) is 18.8 Å². The van der Waals surface area contributed by atoms with Crippen LogP contribution in [0.4, 0.5) is 0 Å². The SMILES string of the molecule is CC1CN(C(N)=NCc2cnn(C)n2)CCO1.I. The van der Waals surface area contributed by atoms with Gasteiger partial charge in [0.25, 0.3) is 0 Å². The van der Waals surface area contributed by atoms with Gasteiger partial charge < -0.3 is 15.4 Å². The molecule has 102 valence electrons. The third-order valence-electron chi connectivity index (χ3n) is 2.62. The van der Waals surface area contributed by atoms with Crippen molar-refractivity contribution >= 4 is 29.9 Å². The lowest BCUT2D eigenvalue weighted by Gasteiger charge is -2.31. The van der Waals surface area contributed by atoms with Gasteiger partial charge in [0.15, 0.2) is 5.96 Å². The van der Waals surface area contributed by atoms with Gasteiger partial charge in [-0.2, -0.15) is 15.0 Å². The fourth-order valence-electron chi connectivity index (χ4n) is 1.75. The zero-order chi connectivity index (χ0) is 12.3. The van der Waals surface area contributed by atoms with Crippen LogP contribution >= 0.6 is 24.0 Å². The topological polar surface area (TPSA) is 81.6 Å². The maximum Gasteiger partial charge on any atom is 0.191 e. The summed E-state index contributed by atoms with van der Waals surface area (Å²) in [7, 11) is 1.78. The van der Waals surface area contributed by atoms with Gasteiger partial charge in [-0.05, 0) is 6.92 Å². The Hall–Kier alpha value is -0.900. The Kier molecular flexibility index (Phi) is 5.79. The van der Waals surface area contributed by atoms with Crippen LogP contribution in [0, 0.1) is 0 Å². The van der Waals surface area contributed by atoms with Crippen molar-refractivity contribution in [1.82, 2.24) is 19.9 Å². The number of nitrogens with zero attached hydrogens (tertiary/aromatic N) is 5. The Morgan fingerprint density at radius 3 is 3.06 bits per heavy atom. The highest BCUT2D eigenvalue weighted by molar-refractivity contribution is 14.0. The molecule has 0 amide bonds. The predicted octanol–water partition coefficient (Wildman–Crippen LogP) is -0.0315. The number of rotatable bonds is 2. The lowest BCUT2D eigenvalue weighted by Crippen LogP contribution is -2.47. The number of ether oxygens (including phenoxy) is 1. The van der Waals surface area contributed by atoms with Crippen molar-refractivity contribution in [2.75, 3.05) is 19.7 Å². The van der Waals surface area contributed by atoms with E-state index in [2.05, 4.69) is 15.2 Å². The van der Waals surface area contributed by atoms with Crippen LogP contribution in [0.5, 0.6) is 0 Å². The molecule has 18 heavy (non-hydrogen) atoms. The lowest BCUT2D eigenvalue weighted by molar-refractivity contribution is 0.00528. The Balaban J connectivity index is 0.00000162. The Morgan fingerprint density at radius 1 is 1.67 bits per heavy atom. The molecule has 0 aromatic carbocycles. The number of hydrogen-bond donors (Lipinski definition) is 1. The van der Waals surface area contributed by atoms with E-state index < -0.39 is 0 Å². The summed E-state index contributed by atoms with van der Waals surface area (Å²) >= 11 is 0. The minimum absolute atomic E-state index is 0. The van der Waals surface area contributed by atoms with Crippen molar-refractivity contribution in [3.05, 3.63) is 11.9 Å². The molecule has 0 aliphatic carbocycles. The molecule has 1 aliphatic heterocycles. The number of aliphatic imine (C=N–C) groups is 1. The molecule has 0 bridgehead atoms. The normalized spacial score (nSPS) is 20.7. The van der Waals surface area contributed by atoms with Gasteiger partial charge in [-0.3, -0.25) is 0 Å². The molecule has 2 rings (SSSR count). The van der Waals surface area contributed by atoms with Gasteiger partial charge in [-0.25, -0.2) is 4.99 Å². The summed E-state index contributed by atoms with van der Waals surface area (Å²) in [5.74, 6) is 0.547. The van der Waals surface area contributed by atoms with E-state index in [0.29, 0.717) is 19.1 Å². The smallest absolute Gasteiger partial charge is 0.191 e. The molecule has 7 nitrogen and oxygen atoms in total. The van der Waals surface area contributed by atoms with E-state index >= 15 is 0 Å². The summed E-state index contributed by atoms with van der Waals surface area (Å²) in [6.45, 7) is 4.77. The maximum atomic E-state index is 5.93. The summed E-state index contributed by atoms with van der Waals surface area (Å²) < 4.78 is 5.45. The summed E-state index contributed by atoms with van der Waals surface area (Å²) in [5.41, 5.74) is 6.75. The maximum absolute atomic E-state index is 5.93. The molecule has 0 radical (unpaired) electrons. The lowest BCUT2D eigenvalue weighted by atomic mass is 10.3. The molecule has 1 unspecified atom stereocenters. The Labute approximate surface area is 123 Å². The predicted molar refractivity (Wildman–Crippen MR) is 78.7 cm³/mol. The fourth-order valence-corrected chi connectivity index (χ4v) is 1.75. The summed E-state index contributed by atoms with van der Waals surface area (Å²) in [4.78, 5) is 7.86. The number of guanidine groups is 1. The first-order valence-electron chi connectivity index (χ1n) is 5.67. The number of nitrogens with two attached hydrogens (primary N) is 1. The van der Waals surface area contributed by atoms with Crippen LogP contribution in [0.2, 0.25) is 0 Å². The molecular formula is C10H19IN6O. The Morgan fingerprint density at radius 2 is 2.44 bits per heavy atom. The number of aryl methyl sites for hydroxylation is 1. The molecular weight excluding hydrogens is 347 g/mol. The van der Waals surface area contributed by atoms with Crippen LogP contribution in [-0.4, -0.2) is 51.7 Å². The van der Waals surface area contributed by atoms with E-state index in [1.54, 1.807) is 13.2 Å². The minimum Gasteiger partial charge on any atom is -0.375 e. The largest absolute Gasteiger partial charge is 0.375 e. The summed E-state index contributed by atoms with van der Waals surface area (Å²) in [6.07, 6.45) is 1.90. The molecule has 8 heteroatoms. The van der Waals surface area contributed by atoms with Gasteiger partial charge in [0, 0.05) is 20.1 Å². The summed E-state index contributed by atoms with van der Waals surface area (Å²) in [5, 5.41) is 8.12. The molecule has 1 fully saturated rings. The monoisotopic (exact) mass is 366 g/mol. The van der Waals surface area contributed by atoms with Crippen molar-refractivity contribution in [1.29, 1.82) is 0 Å². The van der Waals surface area contributed by atoms with E-state index in [-0.39, 0.29) is 30.1 Å². The first-order chi connectivity index (χ1) is 8.15. The van der Waals surface area contributed by atoms with Crippen LogP contribution in [0.1, 0.15) is 12.6 Å². The average Bonchev–Trinajstić information content (AvgIpc) is 2.72. The van der Waals surface area contributed by atoms with Crippen LogP contribution in [0.25, 0.3) is 0 Å². The number of hydrogen-bond acceptors (Lipinski definition) is 4. The number of morpholine rings is 1. The molecule has 0 saturated carbocycles. The molecule has 1 atom stereocenters. The molecule has 1 aliphatic rings. The van der Waals surface area contributed by atoms with Crippen molar-refractivity contribution < 1.29 is 4.74 Å². The molecule has 1 aromatic heterocycles. The van der Waals surface area contributed by atoms with Crippen molar-refractivity contribution in [2.24, 2.45) is 17.8 Å². The zero-order valence-electron chi connectivity index (χ0n) is 10.6. The van der Waals surface area contributed by atoms with E-state index in [9.17, 15) is 0 Å². The van der Waals surface area contributed by atoms with Gasteiger partial charge in [0.05, 0.1) is 25.5 Å². The molecule has 2 heterocycles. The second-order valence-corrected chi connectivity index (χ2v) is 4.13. The average molecular weight is 366 g/mol. The van der Waals surface area contributed by atoms with Crippen LogP contribution in [0.15, 0.2) is 11.2 Å². The summed E-state index contributed by atoms with van der Waals surface area (Å²) in [6, 6.07) is 0. The van der Waals surface area contributed by atoms with E-state index in [1.165, 1.54) is 4.80 Å². The molecule has 1 aromatic rings. The van der Waals surface area contributed by atoms with Gasteiger partial charge in [-0.1, -0.05) is 0 Å². The van der Waals surface area contributed by atoms with E-state index in [4.69, 9.17) is 10.5 Å². The van der Waals surface area contributed by atoms with Crippen LogP contribution in [0.3, 0.4) is 0 Å².